The summed E-state index contributed by atoms with van der Waals surface area (Å²) in [6.45, 7) is 6.30. The SMILES string of the molecule is COc1cccc(CN(C(=O)OCC2CC3CCC(C2)N3C(=O)OC(C)(C)C)c2cccc(OC)c2)c1. The Morgan fingerprint density at radius 1 is 0.946 bits per heavy atom. The molecule has 8 heteroatoms. The van der Waals surface area contributed by atoms with E-state index in [0.29, 0.717) is 24.6 Å². The van der Waals surface area contributed by atoms with Gasteiger partial charge in [-0.05, 0) is 82.2 Å². The van der Waals surface area contributed by atoms with Crippen molar-refractivity contribution < 1.29 is 28.5 Å². The van der Waals surface area contributed by atoms with Crippen molar-refractivity contribution in [3.8, 4) is 11.5 Å². The van der Waals surface area contributed by atoms with Crippen LogP contribution in [0.15, 0.2) is 48.5 Å². The summed E-state index contributed by atoms with van der Waals surface area (Å²) in [5, 5.41) is 0. The van der Waals surface area contributed by atoms with Gasteiger partial charge in [0.1, 0.15) is 17.1 Å². The number of methoxy groups -OCH3 is 2. The molecule has 2 fully saturated rings. The van der Waals surface area contributed by atoms with E-state index in [0.717, 1.165) is 37.0 Å². The minimum atomic E-state index is -0.519. The molecule has 2 aliphatic heterocycles. The minimum Gasteiger partial charge on any atom is -0.497 e. The molecule has 0 aromatic heterocycles. The van der Waals surface area contributed by atoms with Gasteiger partial charge in [0.15, 0.2) is 0 Å². The number of anilines is 1. The average molecular weight is 511 g/mol. The predicted molar refractivity (Wildman–Crippen MR) is 141 cm³/mol. The summed E-state index contributed by atoms with van der Waals surface area (Å²) in [7, 11) is 3.22. The van der Waals surface area contributed by atoms with Gasteiger partial charge in [-0.1, -0.05) is 18.2 Å². The van der Waals surface area contributed by atoms with Gasteiger partial charge in [0, 0.05) is 18.2 Å². The second kappa shape index (κ2) is 11.3. The van der Waals surface area contributed by atoms with Crippen molar-refractivity contribution >= 4 is 17.9 Å². The normalized spacial score (nSPS) is 20.8. The monoisotopic (exact) mass is 510 g/mol. The maximum absolute atomic E-state index is 13.4. The quantitative estimate of drug-likeness (QED) is 0.453. The van der Waals surface area contributed by atoms with Crippen LogP contribution in [0.25, 0.3) is 0 Å². The number of nitrogens with zero attached hydrogens (tertiary/aromatic N) is 2. The van der Waals surface area contributed by atoms with E-state index in [-0.39, 0.29) is 24.1 Å². The van der Waals surface area contributed by atoms with Crippen molar-refractivity contribution in [2.75, 3.05) is 25.7 Å². The Morgan fingerprint density at radius 3 is 2.19 bits per heavy atom. The van der Waals surface area contributed by atoms with Gasteiger partial charge in [0.2, 0.25) is 0 Å². The second-order valence-corrected chi connectivity index (χ2v) is 10.8. The number of hydrogen-bond donors (Lipinski definition) is 0. The first-order valence-electron chi connectivity index (χ1n) is 12.9. The van der Waals surface area contributed by atoms with Gasteiger partial charge in [0.25, 0.3) is 0 Å². The smallest absolute Gasteiger partial charge is 0.414 e. The molecule has 4 rings (SSSR count). The summed E-state index contributed by atoms with van der Waals surface area (Å²) in [5.74, 6) is 1.58. The molecule has 2 aliphatic rings. The Labute approximate surface area is 219 Å². The van der Waals surface area contributed by atoms with Crippen molar-refractivity contribution in [2.24, 2.45) is 5.92 Å². The number of benzene rings is 2. The van der Waals surface area contributed by atoms with Crippen molar-refractivity contribution in [3.63, 3.8) is 0 Å². The number of hydrogen-bond acceptors (Lipinski definition) is 6. The lowest BCUT2D eigenvalue weighted by molar-refractivity contribution is -0.00283. The third kappa shape index (κ3) is 6.67. The molecule has 8 nitrogen and oxygen atoms in total. The van der Waals surface area contributed by atoms with E-state index >= 15 is 0 Å². The average Bonchev–Trinajstić information content (AvgIpc) is 3.15. The molecule has 2 amide bonds. The highest BCUT2D eigenvalue weighted by Gasteiger charge is 2.45. The summed E-state index contributed by atoms with van der Waals surface area (Å²) < 4.78 is 22.2. The van der Waals surface area contributed by atoms with Crippen LogP contribution in [0.4, 0.5) is 15.3 Å². The summed E-state index contributed by atoms with van der Waals surface area (Å²) in [4.78, 5) is 29.7. The van der Waals surface area contributed by atoms with E-state index in [9.17, 15) is 9.59 Å². The highest BCUT2D eigenvalue weighted by Crippen LogP contribution is 2.39. The van der Waals surface area contributed by atoms with E-state index in [1.54, 1.807) is 19.1 Å². The molecule has 2 aromatic rings. The molecule has 2 aromatic carbocycles. The highest BCUT2D eigenvalue weighted by atomic mass is 16.6. The van der Waals surface area contributed by atoms with E-state index in [1.165, 1.54) is 0 Å². The second-order valence-electron chi connectivity index (χ2n) is 10.8. The van der Waals surface area contributed by atoms with Crippen molar-refractivity contribution in [1.82, 2.24) is 4.90 Å². The lowest BCUT2D eigenvalue weighted by Crippen LogP contribution is -2.49. The van der Waals surface area contributed by atoms with Gasteiger partial charge < -0.3 is 23.8 Å². The highest BCUT2D eigenvalue weighted by molar-refractivity contribution is 5.87. The molecular weight excluding hydrogens is 472 g/mol. The molecule has 37 heavy (non-hydrogen) atoms. The fourth-order valence-electron chi connectivity index (χ4n) is 5.30. The van der Waals surface area contributed by atoms with Crippen molar-refractivity contribution in [2.45, 2.75) is 70.7 Å². The minimum absolute atomic E-state index is 0.128. The van der Waals surface area contributed by atoms with Gasteiger partial charge in [-0.2, -0.15) is 0 Å². The number of carbonyl (C=O) groups excluding carboxylic acids is 2. The topological polar surface area (TPSA) is 77.5 Å². The Morgan fingerprint density at radius 2 is 1.57 bits per heavy atom. The number of amides is 2. The lowest BCUT2D eigenvalue weighted by atomic mass is 9.92. The molecule has 2 saturated heterocycles. The van der Waals surface area contributed by atoms with Crippen LogP contribution in [0.2, 0.25) is 0 Å². The van der Waals surface area contributed by atoms with Crippen LogP contribution in [0.1, 0.15) is 52.0 Å². The van der Waals surface area contributed by atoms with E-state index in [4.69, 9.17) is 18.9 Å². The van der Waals surface area contributed by atoms with Crippen LogP contribution in [0.3, 0.4) is 0 Å². The fourth-order valence-corrected chi connectivity index (χ4v) is 5.30. The Hall–Kier alpha value is -3.42. The van der Waals surface area contributed by atoms with E-state index in [1.807, 2.05) is 74.2 Å². The van der Waals surface area contributed by atoms with Gasteiger partial charge in [-0.15, -0.1) is 0 Å². The summed E-state index contributed by atoms with van der Waals surface area (Å²) in [6.07, 6.45) is 2.87. The van der Waals surface area contributed by atoms with Gasteiger partial charge in [0.05, 0.1) is 33.1 Å². The first-order chi connectivity index (χ1) is 17.7. The van der Waals surface area contributed by atoms with Crippen LogP contribution in [0.5, 0.6) is 11.5 Å². The zero-order valence-electron chi connectivity index (χ0n) is 22.4. The van der Waals surface area contributed by atoms with Crippen LogP contribution >= 0.6 is 0 Å². The number of piperidine rings is 1. The zero-order valence-corrected chi connectivity index (χ0v) is 22.4. The van der Waals surface area contributed by atoms with Gasteiger partial charge >= 0.3 is 12.2 Å². The third-order valence-electron chi connectivity index (χ3n) is 6.94. The summed E-state index contributed by atoms with van der Waals surface area (Å²) in [5.41, 5.74) is 1.09. The Balaban J connectivity index is 1.43. The first kappa shape index (κ1) is 26.6. The molecule has 2 atom stereocenters. The molecule has 0 N–H and O–H groups in total. The van der Waals surface area contributed by atoms with Gasteiger partial charge in [-0.25, -0.2) is 9.59 Å². The standard InChI is InChI=1S/C29H38N2O6/c1-29(2,3)37-28(33)31-23-12-13-24(31)15-21(14-23)19-36-27(32)30(22-9-7-11-26(17-22)35-5)18-20-8-6-10-25(16-20)34-4/h6-11,16-17,21,23-24H,12-15,18-19H2,1-5H3. The number of ether oxygens (including phenoxy) is 4. The van der Waals surface area contributed by atoms with Crippen molar-refractivity contribution in [1.29, 1.82) is 0 Å². The maximum atomic E-state index is 13.4. The van der Waals surface area contributed by atoms with Gasteiger partial charge in [-0.3, -0.25) is 4.90 Å². The van der Waals surface area contributed by atoms with Crippen LogP contribution in [-0.2, 0) is 16.0 Å². The van der Waals surface area contributed by atoms with E-state index < -0.39 is 11.7 Å². The molecule has 0 saturated carbocycles. The molecule has 0 radical (unpaired) electrons. The van der Waals surface area contributed by atoms with Crippen molar-refractivity contribution in [3.05, 3.63) is 54.1 Å². The predicted octanol–water partition coefficient (Wildman–Crippen LogP) is 6.03. The molecule has 2 heterocycles. The zero-order chi connectivity index (χ0) is 26.6. The number of fused-ring (bicyclic) bond motifs is 2. The third-order valence-corrected chi connectivity index (χ3v) is 6.94. The Kier molecular flexibility index (Phi) is 8.15. The summed E-state index contributed by atoms with van der Waals surface area (Å²) in [6, 6.07) is 15.3. The number of carbonyl (C=O) groups is 2. The largest absolute Gasteiger partial charge is 0.497 e. The Bertz CT molecular complexity index is 1080. The molecule has 2 bridgehead atoms. The summed E-state index contributed by atoms with van der Waals surface area (Å²) >= 11 is 0. The van der Waals surface area contributed by atoms with Crippen LogP contribution in [0, 0.1) is 5.92 Å². The molecule has 0 aliphatic carbocycles. The number of rotatable bonds is 7. The molecule has 2 unspecified atom stereocenters. The molecule has 0 spiro atoms. The molecule has 200 valence electrons. The fraction of sp³-hybridized carbons (Fsp3) is 0.517. The first-order valence-corrected chi connectivity index (χ1v) is 12.9. The maximum Gasteiger partial charge on any atom is 0.414 e. The molecular formula is C29H38N2O6. The van der Waals surface area contributed by atoms with Crippen LogP contribution in [-0.4, -0.2) is 55.6 Å². The lowest BCUT2D eigenvalue weighted by Gasteiger charge is -2.39. The van der Waals surface area contributed by atoms with Crippen LogP contribution < -0.4 is 14.4 Å². The van der Waals surface area contributed by atoms with E-state index in [2.05, 4.69) is 0 Å².